The third-order valence-corrected chi connectivity index (χ3v) is 9.93. The number of benzene rings is 1. The molecule has 1 aliphatic carbocycles. The minimum Gasteiger partial charge on any atom is -0.495 e. The van der Waals surface area contributed by atoms with Gasteiger partial charge in [-0.25, -0.2) is 19.6 Å². The number of amides is 3. The number of fused-ring (bicyclic) bond motifs is 1. The van der Waals surface area contributed by atoms with Crippen LogP contribution in [0.1, 0.15) is 47.5 Å². The van der Waals surface area contributed by atoms with Gasteiger partial charge in [0.25, 0.3) is 0 Å². The molecule has 3 aromatic rings. The molecule has 1 aliphatic heterocycles. The van der Waals surface area contributed by atoms with Crippen molar-refractivity contribution in [3.8, 4) is 22.9 Å². The van der Waals surface area contributed by atoms with Gasteiger partial charge in [0.15, 0.2) is 5.13 Å². The fourth-order valence-corrected chi connectivity index (χ4v) is 7.25. The van der Waals surface area contributed by atoms with Gasteiger partial charge in [0.05, 0.1) is 24.9 Å². The Morgan fingerprint density at radius 2 is 1.88 bits per heavy atom. The van der Waals surface area contributed by atoms with Crippen LogP contribution < -0.4 is 25.4 Å². The lowest BCUT2D eigenvalue weighted by atomic mass is 9.85. The van der Waals surface area contributed by atoms with E-state index in [9.17, 15) is 29.4 Å². The van der Waals surface area contributed by atoms with E-state index in [1.54, 1.807) is 39.0 Å². The van der Waals surface area contributed by atoms with Gasteiger partial charge in [-0.1, -0.05) is 38.4 Å². The molecule has 50 heavy (non-hydrogen) atoms. The summed E-state index contributed by atoms with van der Waals surface area (Å²) < 4.78 is 12.0. The van der Waals surface area contributed by atoms with Crippen LogP contribution in [0.3, 0.4) is 0 Å². The van der Waals surface area contributed by atoms with Crippen molar-refractivity contribution in [1.29, 1.82) is 0 Å². The maximum atomic E-state index is 14.1. The molecule has 2 fully saturated rings. The number of anilines is 1. The van der Waals surface area contributed by atoms with E-state index >= 15 is 0 Å². The van der Waals surface area contributed by atoms with E-state index in [1.807, 2.05) is 19.2 Å². The maximum absolute atomic E-state index is 14.1. The molecular weight excluding hydrogens is 688 g/mol. The average molecular weight is 729 g/mol. The molecule has 16 heteroatoms. The summed E-state index contributed by atoms with van der Waals surface area (Å²) in [6.45, 7) is 12.7. The zero-order valence-corrected chi connectivity index (χ0v) is 30.1. The third kappa shape index (κ3) is 7.29. The Balaban J connectivity index is 1.54. The van der Waals surface area contributed by atoms with E-state index in [1.165, 1.54) is 29.4 Å². The number of methoxy groups -OCH3 is 1. The molecule has 1 saturated carbocycles. The number of halogens is 1. The summed E-state index contributed by atoms with van der Waals surface area (Å²) >= 11 is 8.15. The summed E-state index contributed by atoms with van der Waals surface area (Å²) in [5, 5.41) is 31.1. The van der Waals surface area contributed by atoms with Crippen LogP contribution in [0.4, 0.5) is 9.93 Å². The normalized spacial score (nSPS) is 22.2. The van der Waals surface area contributed by atoms with Gasteiger partial charge < -0.3 is 40.5 Å². The van der Waals surface area contributed by atoms with Crippen molar-refractivity contribution in [3.63, 3.8) is 0 Å². The van der Waals surface area contributed by atoms with Gasteiger partial charge in [0.1, 0.15) is 45.9 Å². The number of carbonyl (C=O) groups is 4. The van der Waals surface area contributed by atoms with E-state index in [-0.39, 0.29) is 30.5 Å². The molecule has 5 atom stereocenters. The van der Waals surface area contributed by atoms with E-state index in [2.05, 4.69) is 27.5 Å². The average Bonchev–Trinajstić information content (AvgIpc) is 3.32. The molecule has 2 aliphatic rings. The molecule has 2 aromatic heterocycles. The van der Waals surface area contributed by atoms with E-state index in [0.717, 1.165) is 0 Å². The van der Waals surface area contributed by atoms with Crippen LogP contribution in [-0.2, 0) is 14.4 Å². The predicted molar refractivity (Wildman–Crippen MR) is 189 cm³/mol. The summed E-state index contributed by atoms with van der Waals surface area (Å²) in [4.78, 5) is 62.7. The quantitative estimate of drug-likeness (QED) is 0.157. The molecule has 3 amide bonds. The number of aliphatic carboxylic acids is 1. The van der Waals surface area contributed by atoms with Crippen LogP contribution >= 0.6 is 22.9 Å². The summed E-state index contributed by atoms with van der Waals surface area (Å²) in [5.41, 5.74) is -1.00. The van der Waals surface area contributed by atoms with Gasteiger partial charge in [-0.05, 0) is 37.8 Å². The topological polar surface area (TPSA) is 192 Å². The van der Waals surface area contributed by atoms with E-state index in [0.29, 0.717) is 38.9 Å². The highest BCUT2D eigenvalue weighted by molar-refractivity contribution is 7.14. The van der Waals surface area contributed by atoms with Crippen LogP contribution in [0.5, 0.6) is 11.5 Å². The summed E-state index contributed by atoms with van der Waals surface area (Å²) in [6.07, 6.45) is -0.563. The van der Waals surface area contributed by atoms with Crippen LogP contribution in [0.15, 0.2) is 36.2 Å². The zero-order chi connectivity index (χ0) is 36.7. The second kappa shape index (κ2) is 13.9. The van der Waals surface area contributed by atoms with Gasteiger partial charge in [0.2, 0.25) is 11.8 Å². The first kappa shape index (κ1) is 36.6. The van der Waals surface area contributed by atoms with Crippen molar-refractivity contribution in [2.24, 2.45) is 11.3 Å². The Kier molecular flexibility index (Phi) is 10.2. The second-order valence-electron chi connectivity index (χ2n) is 13.9. The fourth-order valence-electron chi connectivity index (χ4n) is 6.11. The number of nitrogens with zero attached hydrogens (tertiary/aromatic N) is 3. The molecule has 268 valence electrons. The van der Waals surface area contributed by atoms with Gasteiger partial charge in [0, 0.05) is 35.2 Å². The fraction of sp³-hybridized carbons (Fsp3) is 0.471. The molecule has 0 bridgehead atoms. The first-order valence-corrected chi connectivity index (χ1v) is 17.3. The van der Waals surface area contributed by atoms with E-state index < -0.39 is 58.9 Å². The Bertz CT molecular complexity index is 1840. The highest BCUT2D eigenvalue weighted by atomic mass is 35.5. The lowest BCUT2D eigenvalue weighted by molar-refractivity contribution is -0.146. The van der Waals surface area contributed by atoms with Crippen LogP contribution in [-0.4, -0.2) is 92.4 Å². The van der Waals surface area contributed by atoms with Gasteiger partial charge in [-0.2, -0.15) is 0 Å². The standard InChI is InChI=1S/C34H41ClN6O8S/c1-8-17-13-34(17,30(44)45)40-28(42)22-11-18(14-41(22)29(43)27(33(4,5)6)39-32(46)47)49-24-12-20(21-15-50-31(38-21)36-16(2)3)37-26-19(24)9-10-23(48-7)25(26)35/h8-10,12,15-18,22,27,39H,1,11,13-14H2,2-7H3,(H,36,38)(H,40,42)(H,44,45)(H,46,47)/t17-,18-,22+,27-,34-/m1/s1. The molecule has 0 unspecified atom stereocenters. The first-order valence-electron chi connectivity index (χ1n) is 16.0. The zero-order valence-electron chi connectivity index (χ0n) is 28.6. The number of carbonyl (C=O) groups excluding carboxylic acids is 2. The summed E-state index contributed by atoms with van der Waals surface area (Å²) in [7, 11) is 1.49. The number of carboxylic acids is 1. The van der Waals surface area contributed by atoms with Gasteiger partial charge in [-0.3, -0.25) is 9.59 Å². The Hall–Kier alpha value is -4.63. The second-order valence-corrected chi connectivity index (χ2v) is 15.1. The predicted octanol–water partition coefficient (Wildman–Crippen LogP) is 5.02. The smallest absolute Gasteiger partial charge is 0.405 e. The van der Waals surface area contributed by atoms with Crippen LogP contribution in [0.2, 0.25) is 5.02 Å². The lowest BCUT2D eigenvalue weighted by Gasteiger charge is -2.34. The number of ether oxygens (including phenoxy) is 2. The van der Waals surface area contributed by atoms with Crippen LogP contribution in [0.25, 0.3) is 22.3 Å². The first-order chi connectivity index (χ1) is 23.5. The van der Waals surface area contributed by atoms with Crippen molar-refractivity contribution in [2.45, 2.75) is 77.2 Å². The van der Waals surface area contributed by atoms with Crippen molar-refractivity contribution in [1.82, 2.24) is 25.5 Å². The molecule has 14 nitrogen and oxygen atoms in total. The molecule has 3 heterocycles. The van der Waals surface area contributed by atoms with Crippen molar-refractivity contribution < 1.29 is 38.9 Å². The Labute approximate surface area is 298 Å². The van der Waals surface area contributed by atoms with Gasteiger partial charge >= 0.3 is 12.1 Å². The number of nitrogens with one attached hydrogen (secondary N) is 3. The van der Waals surface area contributed by atoms with Gasteiger partial charge in [-0.15, -0.1) is 17.9 Å². The molecular formula is C34H41ClN6O8S. The number of rotatable bonds is 12. The third-order valence-electron chi connectivity index (χ3n) is 8.79. The van der Waals surface area contributed by atoms with Crippen LogP contribution in [0, 0.1) is 11.3 Å². The van der Waals surface area contributed by atoms with Crippen molar-refractivity contribution >= 4 is 62.8 Å². The Morgan fingerprint density at radius 3 is 2.46 bits per heavy atom. The Morgan fingerprint density at radius 1 is 1.16 bits per heavy atom. The number of hydrogen-bond donors (Lipinski definition) is 5. The molecule has 1 saturated heterocycles. The minimum atomic E-state index is -1.54. The number of carboxylic acid groups (broad SMARTS) is 2. The number of thiazole rings is 1. The SMILES string of the molecule is C=C[C@@H]1C[C@]1(NC(=O)[C@@H]1C[C@@H](Oc2cc(-c3csc(NC(C)C)n3)nc3c(Cl)c(OC)ccc23)CN1C(=O)[C@@H](NC(=O)O)C(C)(C)C)C(=O)O. The minimum absolute atomic E-state index is 0.0157. The molecule has 5 N–H and O–H groups in total. The van der Waals surface area contributed by atoms with E-state index in [4.69, 9.17) is 26.1 Å². The largest absolute Gasteiger partial charge is 0.495 e. The number of likely N-dealkylation sites (tertiary alicyclic amines) is 1. The lowest BCUT2D eigenvalue weighted by Crippen LogP contribution is -2.59. The molecule has 0 spiro atoms. The molecule has 0 radical (unpaired) electrons. The number of aromatic nitrogens is 2. The monoisotopic (exact) mass is 728 g/mol. The maximum Gasteiger partial charge on any atom is 0.405 e. The highest BCUT2D eigenvalue weighted by Gasteiger charge is 2.61. The summed E-state index contributed by atoms with van der Waals surface area (Å²) in [6, 6.07) is 2.89. The summed E-state index contributed by atoms with van der Waals surface area (Å²) in [5.74, 6) is -2.29. The van der Waals surface area contributed by atoms with Crippen molar-refractivity contribution in [3.05, 3.63) is 41.3 Å². The molecule has 5 rings (SSSR count). The number of pyridine rings is 1. The highest BCUT2D eigenvalue weighted by Crippen LogP contribution is 2.45. The number of hydrogen-bond acceptors (Lipinski definition) is 10. The molecule has 1 aromatic carbocycles. The van der Waals surface area contributed by atoms with Crippen molar-refractivity contribution in [2.75, 3.05) is 19.0 Å².